The topological polar surface area (TPSA) is 18.5 Å². The van der Waals surface area contributed by atoms with Crippen molar-refractivity contribution in [2.75, 3.05) is 26.5 Å². The quantitative estimate of drug-likeness (QED) is 0.231. The van der Waals surface area contributed by atoms with Gasteiger partial charge < -0.3 is 9.47 Å². The zero-order valence-corrected chi connectivity index (χ0v) is 23.2. The Morgan fingerprint density at radius 2 is 0.971 bits per heavy atom. The van der Waals surface area contributed by atoms with Gasteiger partial charge in [0, 0.05) is 0 Å². The molecule has 0 bridgehead atoms. The summed E-state index contributed by atoms with van der Waals surface area (Å²) in [6.45, 7) is 0. The van der Waals surface area contributed by atoms with E-state index < -0.39 is 0 Å². The van der Waals surface area contributed by atoms with Crippen LogP contribution in [0.15, 0.2) is 48.5 Å². The maximum absolute atomic E-state index is 5.34. The van der Waals surface area contributed by atoms with E-state index in [9.17, 15) is 0 Å². The van der Waals surface area contributed by atoms with Crippen molar-refractivity contribution < 1.29 is 9.47 Å². The van der Waals surface area contributed by atoms with Crippen molar-refractivity contribution in [2.45, 2.75) is 75.5 Å². The zero-order chi connectivity index (χ0) is 23.6. The van der Waals surface area contributed by atoms with Crippen LogP contribution in [0.1, 0.15) is 62.5 Å². The van der Waals surface area contributed by atoms with Crippen LogP contribution in [-0.4, -0.2) is 37.9 Å². The number of ether oxygens (including phenoxy) is 2. The van der Waals surface area contributed by atoms with Crippen molar-refractivity contribution in [3.05, 3.63) is 59.7 Å². The van der Waals surface area contributed by atoms with Gasteiger partial charge in [-0.2, -0.15) is 0 Å². The standard InChI is InChI=1S/C30H44O2P2/c1-31-27-15-11-23(12-16-27)21-25-7-3-5-9-29(25)33-19-20-34-30-10-6-4-8-26(30)22-24-13-17-28(32-2)18-14-24/h11-18,25-26,29-30,33-34H,3-10,19-22H2,1-2H3. The summed E-state index contributed by atoms with van der Waals surface area (Å²) < 4.78 is 10.7. The first-order valence-corrected chi connectivity index (χ1v) is 16.0. The smallest absolute Gasteiger partial charge is 0.118 e. The van der Waals surface area contributed by atoms with Crippen molar-refractivity contribution in [2.24, 2.45) is 11.8 Å². The molecule has 2 aromatic rings. The second-order valence-corrected chi connectivity index (χ2v) is 13.6. The largest absolute Gasteiger partial charge is 0.497 e. The van der Waals surface area contributed by atoms with E-state index in [1.54, 1.807) is 14.2 Å². The molecular weight excluding hydrogens is 454 g/mol. The Morgan fingerprint density at radius 1 is 0.588 bits per heavy atom. The molecule has 0 aromatic heterocycles. The zero-order valence-electron chi connectivity index (χ0n) is 21.2. The minimum absolute atomic E-state index is 0.890. The van der Waals surface area contributed by atoms with Gasteiger partial charge in [0.1, 0.15) is 11.5 Å². The highest BCUT2D eigenvalue weighted by Gasteiger charge is 2.27. The maximum Gasteiger partial charge on any atom is 0.118 e. The molecule has 0 spiro atoms. The fraction of sp³-hybridized carbons (Fsp3) is 0.600. The van der Waals surface area contributed by atoms with Gasteiger partial charge in [0.15, 0.2) is 0 Å². The van der Waals surface area contributed by atoms with Crippen LogP contribution in [-0.2, 0) is 12.8 Å². The SMILES string of the molecule is COc1ccc(CC2CCCCC2PCCPC2CCCCC2Cc2ccc(OC)cc2)cc1. The molecular formula is C30H44O2P2. The van der Waals surface area contributed by atoms with Crippen LogP contribution in [0.5, 0.6) is 11.5 Å². The molecule has 0 aliphatic heterocycles. The number of rotatable bonds is 11. The van der Waals surface area contributed by atoms with E-state index in [-0.39, 0.29) is 0 Å². The molecule has 0 N–H and O–H groups in total. The molecule has 34 heavy (non-hydrogen) atoms. The van der Waals surface area contributed by atoms with Crippen molar-refractivity contribution in [3.8, 4) is 11.5 Å². The first kappa shape index (κ1) is 26.0. The Kier molecular flexibility index (Phi) is 10.6. The van der Waals surface area contributed by atoms with Crippen molar-refractivity contribution in [3.63, 3.8) is 0 Å². The Morgan fingerprint density at radius 3 is 1.35 bits per heavy atom. The third kappa shape index (κ3) is 7.70. The highest BCUT2D eigenvalue weighted by molar-refractivity contribution is 7.43. The predicted molar refractivity (Wildman–Crippen MR) is 151 cm³/mol. The third-order valence-corrected chi connectivity index (χ3v) is 12.2. The molecule has 0 saturated heterocycles. The normalized spacial score (nSPS) is 25.8. The van der Waals surface area contributed by atoms with Crippen LogP contribution in [0, 0.1) is 11.8 Å². The van der Waals surface area contributed by atoms with E-state index >= 15 is 0 Å². The average Bonchev–Trinajstić information content (AvgIpc) is 2.89. The van der Waals surface area contributed by atoms with E-state index in [4.69, 9.17) is 9.47 Å². The summed E-state index contributed by atoms with van der Waals surface area (Å²) in [5.74, 6) is 3.72. The summed E-state index contributed by atoms with van der Waals surface area (Å²) >= 11 is 0. The minimum atomic E-state index is 0.890. The van der Waals surface area contributed by atoms with Crippen LogP contribution < -0.4 is 9.47 Å². The molecule has 2 aliphatic rings. The van der Waals surface area contributed by atoms with Crippen molar-refractivity contribution >= 4 is 17.2 Å². The molecule has 0 radical (unpaired) electrons. The molecule has 2 fully saturated rings. The molecule has 2 aromatic carbocycles. The Hall–Kier alpha value is -1.10. The fourth-order valence-corrected chi connectivity index (χ4v) is 10.0. The van der Waals surface area contributed by atoms with Gasteiger partial charge in [-0.05, 0) is 109 Å². The van der Waals surface area contributed by atoms with Crippen LogP contribution in [0.2, 0.25) is 0 Å². The molecule has 2 aliphatic carbocycles. The van der Waals surface area contributed by atoms with Crippen LogP contribution in [0.3, 0.4) is 0 Å². The van der Waals surface area contributed by atoms with E-state index in [0.29, 0.717) is 0 Å². The summed E-state index contributed by atoms with van der Waals surface area (Å²) in [5, 5.41) is 0. The molecule has 2 saturated carbocycles. The number of methoxy groups -OCH3 is 2. The van der Waals surface area contributed by atoms with Crippen LogP contribution in [0.4, 0.5) is 0 Å². The molecule has 0 amide bonds. The average molecular weight is 499 g/mol. The molecule has 4 heteroatoms. The summed E-state index contributed by atoms with van der Waals surface area (Å²) in [6.07, 6.45) is 17.0. The first-order valence-electron chi connectivity index (χ1n) is 13.5. The third-order valence-electron chi connectivity index (χ3n) is 8.07. The number of hydrogen-bond donors (Lipinski definition) is 0. The monoisotopic (exact) mass is 498 g/mol. The minimum Gasteiger partial charge on any atom is -0.497 e. The Bertz CT molecular complexity index is 764. The van der Waals surface area contributed by atoms with Crippen LogP contribution in [0.25, 0.3) is 0 Å². The molecule has 186 valence electrons. The van der Waals surface area contributed by atoms with Crippen molar-refractivity contribution in [1.29, 1.82) is 0 Å². The van der Waals surface area contributed by atoms with Gasteiger partial charge in [-0.3, -0.25) is 0 Å². The van der Waals surface area contributed by atoms with Gasteiger partial charge >= 0.3 is 0 Å². The lowest BCUT2D eigenvalue weighted by molar-refractivity contribution is 0.365. The molecule has 6 atom stereocenters. The summed E-state index contributed by atoms with van der Waals surface area (Å²) in [7, 11) is 5.83. The summed E-state index contributed by atoms with van der Waals surface area (Å²) in [6, 6.07) is 17.6. The van der Waals surface area contributed by atoms with Crippen molar-refractivity contribution in [1.82, 2.24) is 0 Å². The lowest BCUT2D eigenvalue weighted by Crippen LogP contribution is -2.24. The maximum atomic E-state index is 5.34. The second-order valence-electron chi connectivity index (χ2n) is 10.3. The Labute approximate surface area is 211 Å². The molecule has 2 nitrogen and oxygen atoms in total. The predicted octanol–water partition coefficient (Wildman–Crippen LogP) is 7.96. The van der Waals surface area contributed by atoms with Gasteiger partial charge in [0.05, 0.1) is 14.2 Å². The van der Waals surface area contributed by atoms with E-state index in [1.165, 1.54) is 87.7 Å². The van der Waals surface area contributed by atoms with Gasteiger partial charge in [-0.25, -0.2) is 0 Å². The van der Waals surface area contributed by atoms with E-state index in [2.05, 4.69) is 48.5 Å². The highest BCUT2D eigenvalue weighted by atomic mass is 31.1. The van der Waals surface area contributed by atoms with Crippen LogP contribution >= 0.6 is 17.2 Å². The van der Waals surface area contributed by atoms with Gasteiger partial charge in [-0.1, -0.05) is 49.9 Å². The van der Waals surface area contributed by atoms with Gasteiger partial charge in [-0.15, -0.1) is 17.2 Å². The second kappa shape index (κ2) is 13.8. The fourth-order valence-electron chi connectivity index (χ4n) is 6.09. The number of benzene rings is 2. The molecule has 4 rings (SSSR count). The molecule has 0 heterocycles. The molecule has 6 unspecified atom stereocenters. The number of hydrogen-bond acceptors (Lipinski definition) is 2. The van der Waals surface area contributed by atoms with E-state index in [0.717, 1.165) is 51.8 Å². The lowest BCUT2D eigenvalue weighted by Gasteiger charge is -2.33. The van der Waals surface area contributed by atoms with E-state index in [1.807, 2.05) is 0 Å². The van der Waals surface area contributed by atoms with Gasteiger partial charge in [0.25, 0.3) is 0 Å². The lowest BCUT2D eigenvalue weighted by atomic mass is 9.84. The summed E-state index contributed by atoms with van der Waals surface area (Å²) in [4.78, 5) is 0. The summed E-state index contributed by atoms with van der Waals surface area (Å²) in [5.41, 5.74) is 4.91. The first-order chi connectivity index (χ1) is 16.7. The Balaban J connectivity index is 1.23. The highest BCUT2D eigenvalue weighted by Crippen LogP contribution is 2.43. The van der Waals surface area contributed by atoms with Gasteiger partial charge in [0.2, 0.25) is 0 Å².